The van der Waals surface area contributed by atoms with Crippen molar-refractivity contribution >= 4 is 23.6 Å². The minimum atomic E-state index is 0.114. The Hall–Kier alpha value is -1.61. The molecule has 2 rings (SSSR count). The fraction of sp³-hybridized carbons (Fsp3) is 0.765. The molecule has 9 heteroatoms. The SMILES string of the molecule is CCN(CC)C(=O)CN1CCN(C(=O)CSc2nncn2C(C)C)CC1. The number of hydrogen-bond acceptors (Lipinski definition) is 6. The van der Waals surface area contributed by atoms with Gasteiger partial charge in [0, 0.05) is 45.3 Å². The van der Waals surface area contributed by atoms with Gasteiger partial charge in [0.25, 0.3) is 0 Å². The number of thioether (sulfide) groups is 1. The first kappa shape index (κ1) is 20.7. The van der Waals surface area contributed by atoms with E-state index in [2.05, 4.69) is 28.9 Å². The Balaban J connectivity index is 1.76. The zero-order valence-electron chi connectivity index (χ0n) is 16.2. The number of carbonyl (C=O) groups is 2. The maximum absolute atomic E-state index is 12.5. The summed E-state index contributed by atoms with van der Waals surface area (Å²) in [5.41, 5.74) is 0. The van der Waals surface area contributed by atoms with Gasteiger partial charge in [-0.15, -0.1) is 10.2 Å². The van der Waals surface area contributed by atoms with Crippen LogP contribution in [0.4, 0.5) is 0 Å². The number of amides is 2. The molecule has 2 amide bonds. The van der Waals surface area contributed by atoms with E-state index >= 15 is 0 Å². The number of nitrogens with zero attached hydrogens (tertiary/aromatic N) is 6. The Labute approximate surface area is 159 Å². The van der Waals surface area contributed by atoms with Gasteiger partial charge >= 0.3 is 0 Å². The Morgan fingerprint density at radius 2 is 1.85 bits per heavy atom. The minimum absolute atomic E-state index is 0.114. The van der Waals surface area contributed by atoms with Crippen LogP contribution in [0.25, 0.3) is 0 Å². The van der Waals surface area contributed by atoms with Crippen molar-refractivity contribution in [2.45, 2.75) is 38.9 Å². The van der Waals surface area contributed by atoms with Crippen molar-refractivity contribution in [1.29, 1.82) is 0 Å². The molecule has 0 aromatic carbocycles. The van der Waals surface area contributed by atoms with Crippen LogP contribution in [0.5, 0.6) is 0 Å². The zero-order chi connectivity index (χ0) is 19.1. The van der Waals surface area contributed by atoms with Crippen LogP contribution in [-0.2, 0) is 9.59 Å². The van der Waals surface area contributed by atoms with E-state index in [1.54, 1.807) is 6.33 Å². The third kappa shape index (κ3) is 5.44. The molecule has 0 unspecified atom stereocenters. The average molecular weight is 383 g/mol. The summed E-state index contributed by atoms with van der Waals surface area (Å²) in [6.45, 7) is 12.9. The summed E-state index contributed by atoms with van der Waals surface area (Å²) < 4.78 is 1.97. The fourth-order valence-corrected chi connectivity index (χ4v) is 3.88. The zero-order valence-corrected chi connectivity index (χ0v) is 17.0. The molecular formula is C17H30N6O2S. The van der Waals surface area contributed by atoms with Gasteiger partial charge < -0.3 is 14.4 Å². The van der Waals surface area contributed by atoms with Crippen LogP contribution < -0.4 is 0 Å². The van der Waals surface area contributed by atoms with Crippen LogP contribution in [0.2, 0.25) is 0 Å². The van der Waals surface area contributed by atoms with Crippen LogP contribution in [0, 0.1) is 0 Å². The van der Waals surface area contributed by atoms with E-state index in [9.17, 15) is 9.59 Å². The number of rotatable bonds is 8. The van der Waals surface area contributed by atoms with Crippen LogP contribution in [0.1, 0.15) is 33.7 Å². The second-order valence-electron chi connectivity index (χ2n) is 6.63. The molecule has 1 saturated heterocycles. The van der Waals surface area contributed by atoms with Crippen molar-refractivity contribution in [3.05, 3.63) is 6.33 Å². The topological polar surface area (TPSA) is 74.6 Å². The molecule has 1 fully saturated rings. The molecule has 0 saturated carbocycles. The van der Waals surface area contributed by atoms with Gasteiger partial charge in [-0.2, -0.15) is 0 Å². The number of hydrogen-bond donors (Lipinski definition) is 0. The summed E-state index contributed by atoms with van der Waals surface area (Å²) in [7, 11) is 0. The predicted octanol–water partition coefficient (Wildman–Crippen LogP) is 0.964. The van der Waals surface area contributed by atoms with Crippen LogP contribution in [-0.4, -0.2) is 92.8 Å². The first-order valence-corrected chi connectivity index (χ1v) is 10.2. The second-order valence-corrected chi connectivity index (χ2v) is 7.57. The highest BCUT2D eigenvalue weighted by Crippen LogP contribution is 2.19. The molecule has 0 aliphatic carbocycles. The molecule has 8 nitrogen and oxygen atoms in total. The van der Waals surface area contributed by atoms with Gasteiger partial charge in [-0.25, -0.2) is 0 Å². The molecule has 1 aromatic heterocycles. The lowest BCUT2D eigenvalue weighted by Gasteiger charge is -2.35. The predicted molar refractivity (Wildman–Crippen MR) is 102 cm³/mol. The second kappa shape index (κ2) is 9.91. The lowest BCUT2D eigenvalue weighted by atomic mass is 10.3. The summed E-state index contributed by atoms with van der Waals surface area (Å²) in [5.74, 6) is 0.644. The quantitative estimate of drug-likeness (QED) is 0.624. The van der Waals surface area contributed by atoms with Gasteiger partial charge in [-0.1, -0.05) is 11.8 Å². The normalized spacial score (nSPS) is 15.5. The summed E-state index contributed by atoms with van der Waals surface area (Å²) in [5, 5.41) is 8.79. The van der Waals surface area contributed by atoms with E-state index in [1.165, 1.54) is 11.8 Å². The third-order valence-electron chi connectivity index (χ3n) is 4.62. The first-order chi connectivity index (χ1) is 12.5. The van der Waals surface area contributed by atoms with Crippen molar-refractivity contribution in [1.82, 2.24) is 29.5 Å². The molecule has 146 valence electrons. The minimum Gasteiger partial charge on any atom is -0.342 e. The Kier molecular flexibility index (Phi) is 7.89. The lowest BCUT2D eigenvalue weighted by molar-refractivity contribution is -0.133. The Morgan fingerprint density at radius 1 is 1.19 bits per heavy atom. The molecule has 26 heavy (non-hydrogen) atoms. The van der Waals surface area contributed by atoms with Crippen LogP contribution in [0.3, 0.4) is 0 Å². The van der Waals surface area contributed by atoms with Gasteiger partial charge in [0.2, 0.25) is 11.8 Å². The Bertz CT molecular complexity index is 594. The summed E-state index contributed by atoms with van der Waals surface area (Å²) in [6, 6.07) is 0.273. The highest BCUT2D eigenvalue weighted by molar-refractivity contribution is 7.99. The molecule has 1 aliphatic rings. The van der Waals surface area contributed by atoms with Crippen molar-refractivity contribution in [2.75, 3.05) is 51.6 Å². The molecular weight excluding hydrogens is 352 g/mol. The Morgan fingerprint density at radius 3 is 2.42 bits per heavy atom. The molecule has 1 aliphatic heterocycles. The summed E-state index contributed by atoms with van der Waals surface area (Å²) in [6.07, 6.45) is 1.70. The smallest absolute Gasteiger partial charge is 0.236 e. The molecule has 2 heterocycles. The highest BCUT2D eigenvalue weighted by atomic mass is 32.2. The van der Waals surface area contributed by atoms with E-state index in [1.807, 2.05) is 28.2 Å². The van der Waals surface area contributed by atoms with Gasteiger partial charge in [0.1, 0.15) is 6.33 Å². The number of likely N-dealkylation sites (N-methyl/N-ethyl adjacent to an activating group) is 1. The summed E-state index contributed by atoms with van der Waals surface area (Å²) >= 11 is 1.43. The third-order valence-corrected chi connectivity index (χ3v) is 5.56. The molecule has 0 bridgehead atoms. The standard InChI is InChI=1S/C17H30N6O2S/c1-5-21(6-2)15(24)11-20-7-9-22(10-8-20)16(25)12-26-17-19-18-13-23(17)14(3)4/h13-14H,5-12H2,1-4H3. The van der Waals surface area contributed by atoms with Crippen LogP contribution >= 0.6 is 11.8 Å². The van der Waals surface area contributed by atoms with Crippen molar-refractivity contribution < 1.29 is 9.59 Å². The lowest BCUT2D eigenvalue weighted by Crippen LogP contribution is -2.52. The first-order valence-electron chi connectivity index (χ1n) is 9.26. The molecule has 0 spiro atoms. The monoisotopic (exact) mass is 382 g/mol. The number of carbonyl (C=O) groups excluding carboxylic acids is 2. The number of piperazine rings is 1. The largest absolute Gasteiger partial charge is 0.342 e. The fourth-order valence-electron chi connectivity index (χ4n) is 2.93. The van der Waals surface area contributed by atoms with Crippen molar-refractivity contribution in [2.24, 2.45) is 0 Å². The van der Waals surface area contributed by atoms with E-state index in [4.69, 9.17) is 0 Å². The molecule has 1 aromatic rings. The average Bonchev–Trinajstić information content (AvgIpc) is 3.10. The van der Waals surface area contributed by atoms with Gasteiger partial charge in [0.05, 0.1) is 12.3 Å². The molecule has 0 radical (unpaired) electrons. The van der Waals surface area contributed by atoms with Crippen molar-refractivity contribution in [3.8, 4) is 0 Å². The molecule has 0 N–H and O–H groups in total. The maximum Gasteiger partial charge on any atom is 0.236 e. The van der Waals surface area contributed by atoms with Crippen molar-refractivity contribution in [3.63, 3.8) is 0 Å². The summed E-state index contributed by atoms with van der Waals surface area (Å²) in [4.78, 5) is 30.5. The van der Waals surface area contributed by atoms with Crippen LogP contribution in [0.15, 0.2) is 11.5 Å². The van der Waals surface area contributed by atoms with E-state index in [0.29, 0.717) is 25.4 Å². The van der Waals surface area contributed by atoms with E-state index < -0.39 is 0 Å². The maximum atomic E-state index is 12.5. The molecule has 0 atom stereocenters. The van der Waals surface area contributed by atoms with E-state index in [-0.39, 0.29) is 17.9 Å². The van der Waals surface area contributed by atoms with Gasteiger partial charge in [-0.05, 0) is 27.7 Å². The highest BCUT2D eigenvalue weighted by Gasteiger charge is 2.24. The van der Waals surface area contributed by atoms with Gasteiger partial charge in [0.15, 0.2) is 5.16 Å². The van der Waals surface area contributed by atoms with E-state index in [0.717, 1.165) is 31.3 Å². The van der Waals surface area contributed by atoms with Gasteiger partial charge in [-0.3, -0.25) is 14.5 Å². The number of aromatic nitrogens is 3.